The molecule has 4 aromatic rings. The average Bonchev–Trinajstić information content (AvgIpc) is 3.38. The summed E-state index contributed by atoms with van der Waals surface area (Å²) in [7, 11) is 0. The summed E-state index contributed by atoms with van der Waals surface area (Å²) in [5, 5.41) is 27.2. The van der Waals surface area contributed by atoms with Crippen LogP contribution in [-0.4, -0.2) is 41.4 Å². The number of Topliss-reactive ketones (excluding diaryl/α,β-unsaturated/α-hetero) is 1. The topological polar surface area (TPSA) is 120 Å². The molecule has 10 heteroatoms. The molecule has 0 bridgehead atoms. The van der Waals surface area contributed by atoms with Crippen LogP contribution >= 0.6 is 11.8 Å². The molecule has 0 fully saturated rings. The molecule has 2 heterocycles. The fraction of sp³-hybridized carbons (Fsp3) is 0.100. The van der Waals surface area contributed by atoms with Gasteiger partial charge in [-0.25, -0.2) is 0 Å². The van der Waals surface area contributed by atoms with Gasteiger partial charge in [0.15, 0.2) is 16.8 Å². The number of para-hydroxylation sites is 1. The van der Waals surface area contributed by atoms with E-state index in [-0.39, 0.29) is 22.8 Å². The van der Waals surface area contributed by atoms with Gasteiger partial charge >= 0.3 is 0 Å². The van der Waals surface area contributed by atoms with Gasteiger partial charge in [-0.3, -0.25) is 24.6 Å². The Labute approximate surface area is 175 Å². The van der Waals surface area contributed by atoms with Crippen LogP contribution in [0.2, 0.25) is 0 Å². The summed E-state index contributed by atoms with van der Waals surface area (Å²) in [6.07, 6.45) is 0. The van der Waals surface area contributed by atoms with Crippen LogP contribution in [0.1, 0.15) is 16.1 Å². The van der Waals surface area contributed by atoms with Gasteiger partial charge in [-0.05, 0) is 25.1 Å². The van der Waals surface area contributed by atoms with Gasteiger partial charge in [-0.2, -0.15) is 5.10 Å². The Kier molecular flexibility index (Phi) is 5.40. The summed E-state index contributed by atoms with van der Waals surface area (Å²) < 4.78 is 1.83. The van der Waals surface area contributed by atoms with E-state index < -0.39 is 4.92 Å². The smallest absolute Gasteiger partial charge is 0.270 e. The number of aryl methyl sites for hydroxylation is 1. The molecular formula is C20H16N6O3S. The van der Waals surface area contributed by atoms with Gasteiger partial charge in [0, 0.05) is 29.1 Å². The van der Waals surface area contributed by atoms with Crippen molar-refractivity contribution in [2.75, 3.05) is 5.75 Å². The first-order valence-electron chi connectivity index (χ1n) is 8.96. The molecule has 2 aromatic carbocycles. The third-order valence-electron chi connectivity index (χ3n) is 4.29. The van der Waals surface area contributed by atoms with Crippen LogP contribution in [0, 0.1) is 17.0 Å². The molecule has 0 aliphatic heterocycles. The number of carbonyl (C=O) groups is 1. The van der Waals surface area contributed by atoms with Crippen molar-refractivity contribution in [3.8, 4) is 17.2 Å². The number of non-ortho nitro benzene ring substituents is 1. The van der Waals surface area contributed by atoms with Crippen molar-refractivity contribution in [1.82, 2.24) is 25.0 Å². The minimum absolute atomic E-state index is 0.0612. The molecule has 0 atom stereocenters. The second-order valence-electron chi connectivity index (χ2n) is 6.43. The van der Waals surface area contributed by atoms with E-state index in [0.29, 0.717) is 16.7 Å². The largest absolute Gasteiger partial charge is 0.293 e. The Hall–Kier alpha value is -3.79. The zero-order valence-electron chi connectivity index (χ0n) is 15.8. The number of hydrogen-bond acceptors (Lipinski definition) is 7. The lowest BCUT2D eigenvalue weighted by Gasteiger charge is -2.09. The molecule has 0 saturated heterocycles. The standard InChI is InChI=1S/C20H16N6O3S/c1-13-10-17(22-21-13)19-23-24-20(25(19)15-7-3-2-4-8-15)30-12-18(27)14-6-5-9-16(11-14)26(28)29/h2-11H,12H2,1H3,(H,21,22). The Bertz CT molecular complexity index is 1220. The first-order chi connectivity index (χ1) is 14.5. The molecule has 0 radical (unpaired) electrons. The van der Waals surface area contributed by atoms with Crippen molar-refractivity contribution in [1.29, 1.82) is 0 Å². The number of nitro groups is 1. The first kappa shape index (κ1) is 19.5. The number of H-pyrrole nitrogens is 1. The Morgan fingerprint density at radius 3 is 2.63 bits per heavy atom. The fourth-order valence-corrected chi connectivity index (χ4v) is 3.72. The van der Waals surface area contributed by atoms with Gasteiger partial charge in [0.2, 0.25) is 0 Å². The Balaban J connectivity index is 1.63. The van der Waals surface area contributed by atoms with Crippen LogP contribution in [0.4, 0.5) is 5.69 Å². The minimum atomic E-state index is -0.520. The van der Waals surface area contributed by atoms with Gasteiger partial charge < -0.3 is 0 Å². The molecule has 0 saturated carbocycles. The number of thioether (sulfide) groups is 1. The lowest BCUT2D eigenvalue weighted by Crippen LogP contribution is -2.05. The number of carbonyl (C=O) groups excluding carboxylic acids is 1. The number of benzene rings is 2. The minimum Gasteiger partial charge on any atom is -0.293 e. The molecule has 1 N–H and O–H groups in total. The highest BCUT2D eigenvalue weighted by molar-refractivity contribution is 7.99. The second-order valence-corrected chi connectivity index (χ2v) is 7.38. The molecule has 0 aliphatic rings. The summed E-state index contributed by atoms with van der Waals surface area (Å²) in [4.78, 5) is 23.0. The van der Waals surface area contributed by atoms with E-state index in [1.54, 1.807) is 6.07 Å². The van der Waals surface area contributed by atoms with E-state index in [1.165, 1.54) is 30.0 Å². The highest BCUT2D eigenvalue weighted by Gasteiger charge is 2.20. The Morgan fingerprint density at radius 2 is 1.93 bits per heavy atom. The van der Waals surface area contributed by atoms with Gasteiger partial charge in [-0.15, -0.1) is 10.2 Å². The van der Waals surface area contributed by atoms with Gasteiger partial charge in [0.05, 0.1) is 10.7 Å². The van der Waals surface area contributed by atoms with E-state index in [0.717, 1.165) is 11.4 Å². The maximum atomic E-state index is 12.6. The lowest BCUT2D eigenvalue weighted by atomic mass is 10.1. The zero-order chi connectivity index (χ0) is 21.1. The van der Waals surface area contributed by atoms with E-state index in [4.69, 9.17) is 0 Å². The van der Waals surface area contributed by atoms with Crippen molar-refractivity contribution in [3.05, 3.63) is 82.0 Å². The maximum absolute atomic E-state index is 12.6. The van der Waals surface area contributed by atoms with E-state index >= 15 is 0 Å². The molecule has 150 valence electrons. The monoisotopic (exact) mass is 420 g/mol. The molecular weight excluding hydrogens is 404 g/mol. The number of rotatable bonds is 7. The Morgan fingerprint density at radius 1 is 1.13 bits per heavy atom. The van der Waals surface area contributed by atoms with Crippen molar-refractivity contribution in [2.24, 2.45) is 0 Å². The predicted octanol–water partition coefficient (Wildman–Crippen LogP) is 3.85. The normalized spacial score (nSPS) is 10.8. The number of hydrogen-bond donors (Lipinski definition) is 1. The van der Waals surface area contributed by atoms with Gasteiger partial charge in [0.25, 0.3) is 5.69 Å². The van der Waals surface area contributed by atoms with E-state index in [1.807, 2.05) is 47.9 Å². The molecule has 4 rings (SSSR count). The molecule has 0 unspecified atom stereocenters. The highest BCUT2D eigenvalue weighted by Crippen LogP contribution is 2.28. The molecule has 0 amide bonds. The van der Waals surface area contributed by atoms with Crippen LogP contribution in [0.5, 0.6) is 0 Å². The third kappa shape index (κ3) is 3.98. The zero-order valence-corrected chi connectivity index (χ0v) is 16.7. The van der Waals surface area contributed by atoms with Gasteiger partial charge in [-0.1, -0.05) is 42.1 Å². The SMILES string of the molecule is Cc1cc(-c2nnc(SCC(=O)c3cccc([N+](=O)[O-])c3)n2-c2ccccc2)n[nH]1. The summed E-state index contributed by atoms with van der Waals surface area (Å²) in [6.45, 7) is 1.90. The summed E-state index contributed by atoms with van der Waals surface area (Å²) in [5.41, 5.74) is 2.53. The molecule has 2 aromatic heterocycles. The van der Waals surface area contributed by atoms with Crippen molar-refractivity contribution in [2.45, 2.75) is 12.1 Å². The number of nitrogens with one attached hydrogen (secondary N) is 1. The first-order valence-corrected chi connectivity index (χ1v) is 9.95. The average molecular weight is 420 g/mol. The molecule has 0 aliphatic carbocycles. The predicted molar refractivity (Wildman–Crippen MR) is 112 cm³/mol. The van der Waals surface area contributed by atoms with Crippen molar-refractivity contribution < 1.29 is 9.72 Å². The summed E-state index contributed by atoms with van der Waals surface area (Å²) >= 11 is 1.21. The molecule has 30 heavy (non-hydrogen) atoms. The quantitative estimate of drug-likeness (QED) is 0.209. The number of aromatic amines is 1. The van der Waals surface area contributed by atoms with Crippen molar-refractivity contribution in [3.63, 3.8) is 0 Å². The van der Waals surface area contributed by atoms with Crippen LogP contribution in [0.3, 0.4) is 0 Å². The number of nitrogens with zero attached hydrogens (tertiary/aromatic N) is 5. The van der Waals surface area contributed by atoms with E-state index in [9.17, 15) is 14.9 Å². The lowest BCUT2D eigenvalue weighted by molar-refractivity contribution is -0.384. The number of aromatic nitrogens is 5. The summed E-state index contributed by atoms with van der Waals surface area (Å²) in [5.74, 6) is 0.380. The molecule has 0 spiro atoms. The third-order valence-corrected chi connectivity index (χ3v) is 5.22. The molecule has 9 nitrogen and oxygen atoms in total. The fourth-order valence-electron chi connectivity index (χ4n) is 2.88. The van der Waals surface area contributed by atoms with Crippen LogP contribution < -0.4 is 0 Å². The number of ketones is 1. The van der Waals surface area contributed by atoms with Gasteiger partial charge in [0.1, 0.15) is 5.69 Å². The van der Waals surface area contributed by atoms with Crippen LogP contribution in [0.15, 0.2) is 65.8 Å². The second kappa shape index (κ2) is 8.29. The summed E-state index contributed by atoms with van der Waals surface area (Å²) in [6, 6.07) is 17.1. The van der Waals surface area contributed by atoms with Crippen molar-refractivity contribution >= 4 is 23.2 Å². The van der Waals surface area contributed by atoms with Crippen LogP contribution in [0.25, 0.3) is 17.2 Å². The van der Waals surface area contributed by atoms with Crippen LogP contribution in [-0.2, 0) is 0 Å². The van der Waals surface area contributed by atoms with E-state index in [2.05, 4.69) is 20.4 Å². The highest BCUT2D eigenvalue weighted by atomic mass is 32.2. The number of nitro benzene ring substituents is 1. The maximum Gasteiger partial charge on any atom is 0.270 e.